The minimum Gasteiger partial charge on any atom is -0.383 e. The molecular formula is C15H17F3N2O3S. The number of alkyl halides is 3. The smallest absolute Gasteiger partial charge is 0.383 e. The first-order valence-corrected chi connectivity index (χ1v) is 8.40. The predicted molar refractivity (Wildman–Crippen MR) is 87.1 cm³/mol. The molecule has 5 nitrogen and oxygen atoms in total. The van der Waals surface area contributed by atoms with Crippen LogP contribution in [0.1, 0.15) is 31.5 Å². The molecule has 0 fully saturated rings. The van der Waals surface area contributed by atoms with Crippen molar-refractivity contribution in [3.05, 3.63) is 39.6 Å². The van der Waals surface area contributed by atoms with Crippen LogP contribution in [0.2, 0.25) is 0 Å². The molecule has 0 radical (unpaired) electrons. The number of nitrogens with one attached hydrogen (secondary N) is 1. The second-order valence-electron chi connectivity index (χ2n) is 5.72. The number of hydrogen-bond donors (Lipinski definition) is 2. The SMILES string of the molecule is CCCSCC(C)(O)c1cc2cc([N+](=O)[O-])c(C(F)(F)F)cc2[nH]1. The van der Waals surface area contributed by atoms with Gasteiger partial charge in [0.1, 0.15) is 11.2 Å². The molecule has 0 aliphatic heterocycles. The van der Waals surface area contributed by atoms with Gasteiger partial charge in [-0.2, -0.15) is 24.9 Å². The fourth-order valence-electron chi connectivity index (χ4n) is 2.33. The Kier molecular flexibility index (Phi) is 5.14. The summed E-state index contributed by atoms with van der Waals surface area (Å²) in [6.45, 7) is 3.56. The van der Waals surface area contributed by atoms with Gasteiger partial charge in [-0.3, -0.25) is 10.1 Å². The Bertz CT molecular complexity index is 756. The lowest BCUT2D eigenvalue weighted by molar-refractivity contribution is -0.387. The largest absolute Gasteiger partial charge is 0.423 e. The molecule has 0 saturated carbocycles. The van der Waals surface area contributed by atoms with Crippen LogP contribution in [0.4, 0.5) is 18.9 Å². The van der Waals surface area contributed by atoms with Crippen molar-refractivity contribution < 1.29 is 23.2 Å². The van der Waals surface area contributed by atoms with Crippen molar-refractivity contribution in [2.24, 2.45) is 0 Å². The molecule has 9 heteroatoms. The fourth-order valence-corrected chi connectivity index (χ4v) is 3.32. The Hall–Kier alpha value is -1.74. The summed E-state index contributed by atoms with van der Waals surface area (Å²) >= 11 is 1.52. The zero-order valence-electron chi connectivity index (χ0n) is 13.1. The maximum absolute atomic E-state index is 13.0. The second kappa shape index (κ2) is 6.64. The Morgan fingerprint density at radius 1 is 1.33 bits per heavy atom. The number of nitro benzene ring substituents is 1. The molecule has 1 unspecified atom stereocenters. The van der Waals surface area contributed by atoms with E-state index in [0.29, 0.717) is 17.5 Å². The molecule has 2 aromatic rings. The third-order valence-corrected chi connectivity index (χ3v) is 5.01. The van der Waals surface area contributed by atoms with Crippen LogP contribution in [0.3, 0.4) is 0 Å². The van der Waals surface area contributed by atoms with Crippen LogP contribution in [0, 0.1) is 10.1 Å². The van der Waals surface area contributed by atoms with Gasteiger partial charge >= 0.3 is 6.18 Å². The van der Waals surface area contributed by atoms with Crippen LogP contribution in [0.5, 0.6) is 0 Å². The minimum atomic E-state index is -4.83. The monoisotopic (exact) mass is 362 g/mol. The number of aromatic amines is 1. The molecule has 2 N–H and O–H groups in total. The van der Waals surface area contributed by atoms with E-state index < -0.39 is 28.0 Å². The normalized spacial score (nSPS) is 14.8. The highest BCUT2D eigenvalue weighted by atomic mass is 32.2. The van der Waals surface area contributed by atoms with Crippen molar-refractivity contribution in [3.63, 3.8) is 0 Å². The van der Waals surface area contributed by atoms with Gasteiger partial charge in [0.25, 0.3) is 5.69 Å². The topological polar surface area (TPSA) is 79.2 Å². The van der Waals surface area contributed by atoms with Crippen LogP contribution < -0.4 is 0 Å². The molecule has 1 aromatic carbocycles. The van der Waals surface area contributed by atoms with E-state index in [4.69, 9.17) is 0 Å². The zero-order valence-corrected chi connectivity index (χ0v) is 13.9. The Morgan fingerprint density at radius 3 is 2.54 bits per heavy atom. The average molecular weight is 362 g/mol. The van der Waals surface area contributed by atoms with Gasteiger partial charge in [0, 0.05) is 28.4 Å². The maximum Gasteiger partial charge on any atom is 0.423 e. The van der Waals surface area contributed by atoms with Gasteiger partial charge in [-0.15, -0.1) is 0 Å². The van der Waals surface area contributed by atoms with Gasteiger partial charge in [0.15, 0.2) is 0 Å². The van der Waals surface area contributed by atoms with E-state index in [1.165, 1.54) is 17.8 Å². The first-order chi connectivity index (χ1) is 11.1. The number of nitrogens with zero attached hydrogens (tertiary/aromatic N) is 1. The van der Waals surface area contributed by atoms with Crippen LogP contribution in [-0.4, -0.2) is 26.5 Å². The van der Waals surface area contributed by atoms with E-state index in [1.54, 1.807) is 6.92 Å². The van der Waals surface area contributed by atoms with Gasteiger partial charge in [-0.25, -0.2) is 0 Å². The van der Waals surface area contributed by atoms with Crippen molar-refractivity contribution in [1.82, 2.24) is 4.98 Å². The van der Waals surface area contributed by atoms with Crippen molar-refractivity contribution in [1.29, 1.82) is 0 Å². The quantitative estimate of drug-likeness (QED) is 0.452. The third kappa shape index (κ3) is 3.84. The van der Waals surface area contributed by atoms with Crippen molar-refractivity contribution >= 4 is 28.4 Å². The summed E-state index contributed by atoms with van der Waals surface area (Å²) in [6, 6.07) is 3.05. The molecule has 1 heterocycles. The van der Waals surface area contributed by atoms with E-state index in [2.05, 4.69) is 4.98 Å². The van der Waals surface area contributed by atoms with E-state index >= 15 is 0 Å². The molecule has 0 aliphatic carbocycles. The molecule has 0 aliphatic rings. The second-order valence-corrected chi connectivity index (χ2v) is 6.83. The Morgan fingerprint density at radius 2 is 2.00 bits per heavy atom. The van der Waals surface area contributed by atoms with Gasteiger partial charge in [0.05, 0.1) is 4.92 Å². The molecule has 0 saturated heterocycles. The summed E-state index contributed by atoms with van der Waals surface area (Å²) < 4.78 is 39.0. The standard InChI is InChI=1S/C15H17F3N2O3S/c1-3-4-24-8-14(2,21)13-6-9-5-12(20(22)23)10(15(16,17)18)7-11(9)19-13/h5-7,19,21H,3-4,8H2,1-2H3. The number of hydrogen-bond acceptors (Lipinski definition) is 4. The van der Waals surface area contributed by atoms with E-state index in [-0.39, 0.29) is 10.9 Å². The lowest BCUT2D eigenvalue weighted by Gasteiger charge is -2.21. The number of aromatic nitrogens is 1. The van der Waals surface area contributed by atoms with E-state index in [1.807, 2.05) is 6.92 Å². The summed E-state index contributed by atoms with van der Waals surface area (Å²) in [6.07, 6.45) is -3.89. The molecule has 2 rings (SSSR count). The molecular weight excluding hydrogens is 345 g/mol. The highest BCUT2D eigenvalue weighted by molar-refractivity contribution is 7.99. The highest BCUT2D eigenvalue weighted by Crippen LogP contribution is 2.39. The number of aliphatic hydroxyl groups is 1. The average Bonchev–Trinajstić information content (AvgIpc) is 2.89. The van der Waals surface area contributed by atoms with E-state index in [0.717, 1.165) is 18.2 Å². The van der Waals surface area contributed by atoms with Gasteiger partial charge in [-0.1, -0.05) is 6.92 Å². The summed E-state index contributed by atoms with van der Waals surface area (Å²) in [5.74, 6) is 1.21. The molecule has 0 bridgehead atoms. The zero-order chi connectivity index (χ0) is 18.1. The number of benzene rings is 1. The first kappa shape index (κ1) is 18.6. The minimum absolute atomic E-state index is 0.101. The summed E-state index contributed by atoms with van der Waals surface area (Å²) in [4.78, 5) is 12.6. The number of rotatable bonds is 6. The number of fused-ring (bicyclic) bond motifs is 1. The van der Waals surface area contributed by atoms with Gasteiger partial charge < -0.3 is 10.1 Å². The maximum atomic E-state index is 13.0. The Balaban J connectivity index is 2.49. The van der Waals surface area contributed by atoms with Crippen LogP contribution in [-0.2, 0) is 11.8 Å². The highest BCUT2D eigenvalue weighted by Gasteiger charge is 2.39. The lowest BCUT2D eigenvalue weighted by atomic mass is 10.1. The molecule has 0 amide bonds. The van der Waals surface area contributed by atoms with Crippen molar-refractivity contribution in [2.45, 2.75) is 32.0 Å². The van der Waals surface area contributed by atoms with Crippen LogP contribution in [0.15, 0.2) is 18.2 Å². The molecule has 1 aromatic heterocycles. The Labute approximate surface area is 140 Å². The lowest BCUT2D eigenvalue weighted by Crippen LogP contribution is -2.24. The first-order valence-electron chi connectivity index (χ1n) is 7.25. The van der Waals surface area contributed by atoms with Crippen LogP contribution >= 0.6 is 11.8 Å². The molecule has 132 valence electrons. The molecule has 0 spiro atoms. The third-order valence-electron chi connectivity index (χ3n) is 3.55. The number of halogens is 3. The number of thioether (sulfide) groups is 1. The summed E-state index contributed by atoms with van der Waals surface area (Å²) in [5.41, 5.74) is -3.15. The van der Waals surface area contributed by atoms with Gasteiger partial charge in [0.2, 0.25) is 0 Å². The number of nitro groups is 1. The van der Waals surface area contributed by atoms with Crippen molar-refractivity contribution in [3.8, 4) is 0 Å². The molecule has 24 heavy (non-hydrogen) atoms. The summed E-state index contributed by atoms with van der Waals surface area (Å²) in [7, 11) is 0. The van der Waals surface area contributed by atoms with E-state index in [9.17, 15) is 28.4 Å². The molecule has 1 atom stereocenters. The van der Waals surface area contributed by atoms with Crippen LogP contribution in [0.25, 0.3) is 10.9 Å². The van der Waals surface area contributed by atoms with Gasteiger partial charge in [-0.05, 0) is 31.2 Å². The number of H-pyrrole nitrogens is 1. The summed E-state index contributed by atoms with van der Waals surface area (Å²) in [5, 5.41) is 21.7. The predicted octanol–water partition coefficient (Wildman–Crippen LogP) is 4.45. The fraction of sp³-hybridized carbons (Fsp3) is 0.467. The van der Waals surface area contributed by atoms with Crippen molar-refractivity contribution in [2.75, 3.05) is 11.5 Å².